The molecular formula is C17H19N3O3S. The smallest absolute Gasteiger partial charge is 0.340 e. The Morgan fingerprint density at radius 3 is 2.75 bits per heavy atom. The molecule has 0 saturated carbocycles. The van der Waals surface area contributed by atoms with Crippen molar-refractivity contribution in [1.29, 1.82) is 0 Å². The molecule has 0 spiro atoms. The summed E-state index contributed by atoms with van der Waals surface area (Å²) in [7, 11) is 0. The molecule has 6 nitrogen and oxygen atoms in total. The third-order valence-electron chi connectivity index (χ3n) is 3.93. The first-order valence-electron chi connectivity index (χ1n) is 7.70. The number of aryl methyl sites for hydroxylation is 1. The van der Waals surface area contributed by atoms with E-state index >= 15 is 0 Å². The number of rotatable bonds is 4. The van der Waals surface area contributed by atoms with Gasteiger partial charge in [0.2, 0.25) is 0 Å². The average Bonchev–Trinajstić information content (AvgIpc) is 3.09. The van der Waals surface area contributed by atoms with Crippen molar-refractivity contribution in [3.05, 3.63) is 56.7 Å². The lowest BCUT2D eigenvalue weighted by atomic mass is 10.2. The summed E-state index contributed by atoms with van der Waals surface area (Å²) < 4.78 is 8.93. The van der Waals surface area contributed by atoms with Crippen molar-refractivity contribution in [3.63, 3.8) is 0 Å². The van der Waals surface area contributed by atoms with Crippen LogP contribution in [-0.4, -0.2) is 19.9 Å². The van der Waals surface area contributed by atoms with Gasteiger partial charge < -0.3 is 9.30 Å². The summed E-state index contributed by atoms with van der Waals surface area (Å²) in [5, 5.41) is 1.79. The summed E-state index contributed by atoms with van der Waals surface area (Å²) in [6.07, 6.45) is 1.67. The highest BCUT2D eigenvalue weighted by atomic mass is 32.1. The molecule has 0 atom stereocenters. The van der Waals surface area contributed by atoms with Crippen molar-refractivity contribution in [3.8, 4) is 0 Å². The molecule has 0 amide bonds. The van der Waals surface area contributed by atoms with E-state index in [0.717, 1.165) is 11.4 Å². The Morgan fingerprint density at radius 2 is 2.08 bits per heavy atom. The van der Waals surface area contributed by atoms with Gasteiger partial charge in [-0.1, -0.05) is 0 Å². The Hall–Kier alpha value is -2.41. The zero-order valence-corrected chi connectivity index (χ0v) is 14.9. The number of hydrogen-bond donors (Lipinski definition) is 0. The minimum atomic E-state index is -0.400. The lowest BCUT2D eigenvalue weighted by molar-refractivity contribution is 0.0466. The van der Waals surface area contributed by atoms with E-state index < -0.39 is 5.97 Å². The van der Waals surface area contributed by atoms with Gasteiger partial charge in [0.1, 0.15) is 6.61 Å². The van der Waals surface area contributed by atoms with Gasteiger partial charge in [0.05, 0.1) is 11.3 Å². The number of carbonyl (C=O) groups excluding carboxylic acids is 1. The lowest BCUT2D eigenvalue weighted by Crippen LogP contribution is -2.15. The Labute approximate surface area is 143 Å². The molecule has 0 unspecified atom stereocenters. The molecule has 0 aromatic carbocycles. The second-order valence-electron chi connectivity index (χ2n) is 5.97. The fourth-order valence-corrected chi connectivity index (χ4v) is 3.70. The van der Waals surface area contributed by atoms with Gasteiger partial charge in [-0.25, -0.2) is 9.78 Å². The van der Waals surface area contributed by atoms with Gasteiger partial charge in [-0.05, 0) is 33.8 Å². The Morgan fingerprint density at radius 1 is 1.33 bits per heavy atom. The van der Waals surface area contributed by atoms with E-state index in [2.05, 4.69) is 23.4 Å². The van der Waals surface area contributed by atoms with E-state index in [4.69, 9.17) is 4.74 Å². The maximum absolute atomic E-state index is 12.4. The Bertz CT molecular complexity index is 965. The number of aromatic nitrogens is 3. The summed E-state index contributed by atoms with van der Waals surface area (Å²) in [5.41, 5.74) is 2.73. The van der Waals surface area contributed by atoms with E-state index in [-0.39, 0.29) is 18.2 Å². The predicted molar refractivity (Wildman–Crippen MR) is 92.7 cm³/mol. The number of thiazole rings is 1. The van der Waals surface area contributed by atoms with Gasteiger partial charge in [0.25, 0.3) is 5.56 Å². The molecule has 0 bridgehead atoms. The van der Waals surface area contributed by atoms with Crippen molar-refractivity contribution in [2.75, 3.05) is 0 Å². The van der Waals surface area contributed by atoms with Gasteiger partial charge >= 0.3 is 5.97 Å². The molecule has 126 valence electrons. The molecular weight excluding hydrogens is 326 g/mol. The molecule has 24 heavy (non-hydrogen) atoms. The maximum Gasteiger partial charge on any atom is 0.340 e. The molecule has 3 aromatic heterocycles. The molecule has 0 aliphatic heterocycles. The van der Waals surface area contributed by atoms with Crippen LogP contribution >= 0.6 is 11.3 Å². The van der Waals surface area contributed by atoms with Crippen LogP contribution in [0.1, 0.15) is 47.3 Å². The first-order valence-corrected chi connectivity index (χ1v) is 8.57. The van der Waals surface area contributed by atoms with Crippen LogP contribution in [0, 0.1) is 13.8 Å². The fourth-order valence-electron chi connectivity index (χ4n) is 2.96. The van der Waals surface area contributed by atoms with E-state index in [0.29, 0.717) is 16.2 Å². The molecule has 0 radical (unpaired) electrons. The highest BCUT2D eigenvalue weighted by molar-refractivity contribution is 7.15. The van der Waals surface area contributed by atoms with Crippen molar-refractivity contribution < 1.29 is 9.53 Å². The second-order valence-corrected chi connectivity index (χ2v) is 6.84. The van der Waals surface area contributed by atoms with Crippen molar-refractivity contribution >= 4 is 22.3 Å². The number of nitrogens with zero attached hydrogens (tertiary/aromatic N) is 3. The maximum atomic E-state index is 12.4. The van der Waals surface area contributed by atoms with Gasteiger partial charge in [-0.2, -0.15) is 0 Å². The number of hydrogen-bond acceptors (Lipinski definition) is 5. The molecule has 0 fully saturated rings. The standard InChI is InChI=1S/C17H19N3O3S/c1-10(2)20-11(3)7-14(12(20)4)16(22)23-9-13-8-15(21)19-5-6-24-17(19)18-13/h5-8,10H,9H2,1-4H3. The highest BCUT2D eigenvalue weighted by Gasteiger charge is 2.18. The summed E-state index contributed by atoms with van der Waals surface area (Å²) in [5.74, 6) is -0.400. The highest BCUT2D eigenvalue weighted by Crippen LogP contribution is 2.21. The van der Waals surface area contributed by atoms with Gasteiger partial charge in [-0.15, -0.1) is 11.3 Å². The number of carbonyl (C=O) groups is 1. The van der Waals surface area contributed by atoms with Crippen LogP contribution in [0.2, 0.25) is 0 Å². The van der Waals surface area contributed by atoms with Gasteiger partial charge in [0, 0.05) is 35.1 Å². The number of fused-ring (bicyclic) bond motifs is 1. The van der Waals surface area contributed by atoms with Crippen LogP contribution < -0.4 is 5.56 Å². The van der Waals surface area contributed by atoms with Crippen molar-refractivity contribution in [2.24, 2.45) is 0 Å². The Balaban J connectivity index is 1.80. The molecule has 3 aromatic rings. The largest absolute Gasteiger partial charge is 0.456 e. The average molecular weight is 345 g/mol. The van der Waals surface area contributed by atoms with E-state index in [9.17, 15) is 9.59 Å². The van der Waals surface area contributed by atoms with Crippen LogP contribution in [0.3, 0.4) is 0 Å². The molecule has 7 heteroatoms. The summed E-state index contributed by atoms with van der Waals surface area (Å²) in [6.45, 7) is 8.00. The summed E-state index contributed by atoms with van der Waals surface area (Å²) >= 11 is 1.37. The van der Waals surface area contributed by atoms with E-state index in [1.807, 2.05) is 19.9 Å². The van der Waals surface area contributed by atoms with Gasteiger partial charge in [0.15, 0.2) is 4.96 Å². The lowest BCUT2D eigenvalue weighted by Gasteiger charge is -2.13. The molecule has 3 heterocycles. The molecule has 0 saturated heterocycles. The van der Waals surface area contributed by atoms with Crippen molar-refractivity contribution in [1.82, 2.24) is 14.0 Å². The topological polar surface area (TPSA) is 65.6 Å². The van der Waals surface area contributed by atoms with Crippen molar-refractivity contribution in [2.45, 2.75) is 40.3 Å². The first kappa shape index (κ1) is 16.4. The van der Waals surface area contributed by atoms with Crippen LogP contribution in [0.5, 0.6) is 0 Å². The fraction of sp³-hybridized carbons (Fsp3) is 0.353. The Kier molecular flexibility index (Phi) is 4.28. The second kappa shape index (κ2) is 6.24. The zero-order valence-electron chi connectivity index (χ0n) is 14.1. The van der Waals surface area contributed by atoms with Crippen LogP contribution in [-0.2, 0) is 11.3 Å². The van der Waals surface area contributed by atoms with Crippen LogP contribution in [0.15, 0.2) is 28.5 Å². The molecule has 0 aliphatic carbocycles. The quantitative estimate of drug-likeness (QED) is 0.682. The van der Waals surface area contributed by atoms with Crippen LogP contribution in [0.4, 0.5) is 0 Å². The third-order valence-corrected chi connectivity index (χ3v) is 4.68. The van der Waals surface area contributed by atoms with E-state index in [1.165, 1.54) is 21.8 Å². The minimum absolute atomic E-state index is 0.0200. The summed E-state index contributed by atoms with van der Waals surface area (Å²) in [4.78, 5) is 29.2. The van der Waals surface area contributed by atoms with Gasteiger partial charge in [-0.3, -0.25) is 9.20 Å². The first-order chi connectivity index (χ1) is 11.4. The number of ether oxygens (including phenoxy) is 1. The zero-order chi connectivity index (χ0) is 17.4. The summed E-state index contributed by atoms with van der Waals surface area (Å²) in [6, 6.07) is 3.50. The molecule has 3 rings (SSSR count). The molecule has 0 N–H and O–H groups in total. The normalized spacial score (nSPS) is 11.4. The monoisotopic (exact) mass is 345 g/mol. The minimum Gasteiger partial charge on any atom is -0.456 e. The van der Waals surface area contributed by atoms with E-state index in [1.54, 1.807) is 11.6 Å². The number of esters is 1. The predicted octanol–water partition coefficient (Wildman–Crippen LogP) is 3.11. The molecule has 0 aliphatic rings. The third kappa shape index (κ3) is 2.87. The van der Waals surface area contributed by atoms with Crippen LogP contribution in [0.25, 0.3) is 4.96 Å². The SMILES string of the molecule is Cc1cc(C(=O)OCc2cc(=O)n3ccsc3n2)c(C)n1C(C)C.